The third-order valence-corrected chi connectivity index (χ3v) is 15.4. The normalized spacial score (nSPS) is 52.2. The highest BCUT2D eigenvalue weighted by Gasteiger charge is 2.72. The number of ether oxygens (including phenoxy) is 2. The summed E-state index contributed by atoms with van der Waals surface area (Å²) in [6.45, 7) is 17.5. The smallest absolute Gasteiger partial charge is 0.0800 e. The van der Waals surface area contributed by atoms with Crippen LogP contribution in [0.4, 0.5) is 0 Å². The minimum Gasteiger partial charge on any atom is -0.875 e. The van der Waals surface area contributed by atoms with Gasteiger partial charge in [-0.25, -0.2) is 0 Å². The third kappa shape index (κ3) is 3.96. The molecule has 7 rings (SSSR count). The molecule has 0 amide bonds. The molecule has 0 spiro atoms. The third-order valence-electron chi connectivity index (χ3n) is 15.4. The topological polar surface area (TPSA) is 87.8 Å². The Morgan fingerprint density at radius 1 is 1.09 bits per heavy atom. The van der Waals surface area contributed by atoms with Crippen LogP contribution >= 0.6 is 0 Å². The number of nitrogens with two attached hydrogens (primary N) is 1. The minimum absolute atomic E-state index is 0.0379. The van der Waals surface area contributed by atoms with Crippen molar-refractivity contribution >= 4 is 0 Å². The second kappa shape index (κ2) is 10.1. The molecule has 5 nitrogen and oxygen atoms in total. The molecule has 43 heavy (non-hydrogen) atoms. The Balaban J connectivity index is 1.24. The summed E-state index contributed by atoms with van der Waals surface area (Å²) in [6.07, 6.45) is 14.5. The number of aliphatic hydroxyl groups is 1. The molecule has 4 saturated carbocycles. The van der Waals surface area contributed by atoms with Crippen molar-refractivity contribution in [3.8, 4) is 0 Å². The summed E-state index contributed by atoms with van der Waals surface area (Å²) in [4.78, 5) is 0. The van der Waals surface area contributed by atoms with Crippen molar-refractivity contribution < 1.29 is 19.7 Å². The summed E-state index contributed by atoms with van der Waals surface area (Å²) in [7, 11) is 0. The van der Waals surface area contributed by atoms with Crippen LogP contribution in [-0.4, -0.2) is 41.7 Å². The fourth-order valence-electron chi connectivity index (χ4n) is 13.4. The van der Waals surface area contributed by atoms with Crippen molar-refractivity contribution in [1.29, 1.82) is 0 Å². The van der Waals surface area contributed by atoms with Gasteiger partial charge in [-0.05, 0) is 101 Å². The van der Waals surface area contributed by atoms with E-state index in [4.69, 9.17) is 15.2 Å². The number of rotatable bonds is 4. The van der Waals surface area contributed by atoms with Crippen LogP contribution in [0.15, 0.2) is 23.0 Å². The maximum Gasteiger partial charge on any atom is 0.0800 e. The van der Waals surface area contributed by atoms with Gasteiger partial charge in [0.1, 0.15) is 0 Å². The van der Waals surface area contributed by atoms with Gasteiger partial charge >= 0.3 is 0 Å². The molecule has 0 aromatic heterocycles. The quantitative estimate of drug-likeness (QED) is 0.362. The van der Waals surface area contributed by atoms with Gasteiger partial charge in [-0.2, -0.15) is 0 Å². The van der Waals surface area contributed by atoms with Gasteiger partial charge < -0.3 is 25.4 Å². The van der Waals surface area contributed by atoms with E-state index in [2.05, 4.69) is 54.5 Å². The highest BCUT2D eigenvalue weighted by Crippen LogP contribution is 2.74. The fraction of sp³-hybridized carbons (Fsp3) is 0.895. The van der Waals surface area contributed by atoms with Crippen molar-refractivity contribution in [1.82, 2.24) is 0 Å². The van der Waals surface area contributed by atoms with E-state index < -0.39 is 5.60 Å². The average Bonchev–Trinajstić information content (AvgIpc) is 3.22. The van der Waals surface area contributed by atoms with Crippen molar-refractivity contribution in [2.75, 3.05) is 13.2 Å². The molecule has 5 fully saturated rings. The molecule has 0 aromatic rings. The molecule has 5 heteroatoms. The predicted molar refractivity (Wildman–Crippen MR) is 169 cm³/mol. The van der Waals surface area contributed by atoms with Gasteiger partial charge in [-0.15, -0.1) is 5.76 Å². The van der Waals surface area contributed by atoms with Gasteiger partial charge in [0.15, 0.2) is 0 Å². The Kier molecular flexibility index (Phi) is 7.19. The maximum absolute atomic E-state index is 13.9. The van der Waals surface area contributed by atoms with E-state index in [0.717, 1.165) is 57.1 Å². The highest BCUT2D eigenvalue weighted by molar-refractivity contribution is 5.39. The van der Waals surface area contributed by atoms with E-state index in [0.29, 0.717) is 42.6 Å². The van der Waals surface area contributed by atoms with Crippen LogP contribution in [0.3, 0.4) is 0 Å². The summed E-state index contributed by atoms with van der Waals surface area (Å²) in [5.41, 5.74) is 7.91. The standard InChI is InChI=1S/C38H61NO4/c1-22(2)30-24(4)32(40)31-26(30)13-17-35(7)27-11-12-29-34(6)20-42-25(5)37(29,28(27)14-18-38(31,35)41)19-23(3)33(34)43-21-36(39)15-9-8-10-16-36/h14,22-23,25-27,29-31,33,40-41H,8-13,15-21,39H2,1-7H3/p-1. The van der Waals surface area contributed by atoms with Crippen LogP contribution < -0.4 is 10.8 Å². The monoisotopic (exact) mass is 594 g/mol. The van der Waals surface area contributed by atoms with E-state index in [-0.39, 0.29) is 51.6 Å². The van der Waals surface area contributed by atoms with E-state index >= 15 is 0 Å². The second-order valence-corrected chi connectivity index (χ2v) is 17.7. The lowest BCUT2D eigenvalue weighted by Gasteiger charge is -2.71. The summed E-state index contributed by atoms with van der Waals surface area (Å²) >= 11 is 0. The average molecular weight is 595 g/mol. The number of fused-ring (bicyclic) bond motifs is 5. The van der Waals surface area contributed by atoms with E-state index in [1.807, 2.05) is 0 Å². The lowest BCUT2D eigenvalue weighted by atomic mass is 9.37. The molecule has 2 bridgehead atoms. The van der Waals surface area contributed by atoms with E-state index in [9.17, 15) is 10.2 Å². The van der Waals surface area contributed by atoms with Crippen LogP contribution in [0.2, 0.25) is 0 Å². The summed E-state index contributed by atoms with van der Waals surface area (Å²) in [5, 5.41) is 26.8. The largest absolute Gasteiger partial charge is 0.875 e. The first kappa shape index (κ1) is 30.8. The zero-order valence-corrected chi connectivity index (χ0v) is 28.2. The SMILES string of the molecule is CC1=C([O-])C2C(CCC3(C)C4CCC5C6(C)COC(C)C5(CC(C)C6OCC5(N)CCCCC5)C4=CCC23O)C1C(C)C. The molecule has 3 N–H and O–H groups in total. The molecule has 1 saturated heterocycles. The van der Waals surface area contributed by atoms with Gasteiger partial charge in [-0.3, -0.25) is 0 Å². The van der Waals surface area contributed by atoms with Crippen molar-refractivity contribution in [2.24, 2.45) is 63.4 Å². The highest BCUT2D eigenvalue weighted by atomic mass is 16.5. The maximum atomic E-state index is 13.9. The Hall–Kier alpha value is -0.880. The molecule has 12 atom stereocenters. The molecule has 7 aliphatic rings. The lowest BCUT2D eigenvalue weighted by molar-refractivity contribution is -0.337. The number of hydrogen-bond donors (Lipinski definition) is 2. The fourth-order valence-corrected chi connectivity index (χ4v) is 13.4. The molecule has 242 valence electrons. The van der Waals surface area contributed by atoms with Crippen LogP contribution in [0.25, 0.3) is 0 Å². The summed E-state index contributed by atoms with van der Waals surface area (Å²) in [6, 6.07) is 0. The summed E-state index contributed by atoms with van der Waals surface area (Å²) in [5.74, 6) is 2.20. The number of hydrogen-bond acceptors (Lipinski definition) is 5. The zero-order valence-electron chi connectivity index (χ0n) is 28.2. The molecular weight excluding hydrogens is 534 g/mol. The molecular formula is C38H60NO4-. The van der Waals surface area contributed by atoms with Crippen LogP contribution in [0.1, 0.15) is 119 Å². The van der Waals surface area contributed by atoms with Gasteiger partial charge in [0.25, 0.3) is 0 Å². The Bertz CT molecular complexity index is 1190. The summed E-state index contributed by atoms with van der Waals surface area (Å²) < 4.78 is 13.8. The number of allylic oxidation sites excluding steroid dienone is 1. The van der Waals surface area contributed by atoms with Crippen LogP contribution in [0.5, 0.6) is 0 Å². The van der Waals surface area contributed by atoms with Crippen LogP contribution in [-0.2, 0) is 9.47 Å². The Morgan fingerprint density at radius 2 is 1.81 bits per heavy atom. The molecule has 6 aliphatic carbocycles. The first-order valence-electron chi connectivity index (χ1n) is 18.1. The van der Waals surface area contributed by atoms with Crippen molar-refractivity contribution in [3.05, 3.63) is 23.0 Å². The lowest BCUT2D eigenvalue weighted by Crippen LogP contribution is -2.71. The van der Waals surface area contributed by atoms with Crippen molar-refractivity contribution in [3.63, 3.8) is 0 Å². The minimum atomic E-state index is -0.973. The van der Waals surface area contributed by atoms with Gasteiger partial charge in [0, 0.05) is 27.7 Å². The van der Waals surface area contributed by atoms with Gasteiger partial charge in [0.2, 0.25) is 0 Å². The van der Waals surface area contributed by atoms with E-state index in [1.165, 1.54) is 19.3 Å². The molecule has 1 aliphatic heterocycles. The second-order valence-electron chi connectivity index (χ2n) is 17.7. The van der Waals surface area contributed by atoms with E-state index in [1.54, 1.807) is 5.57 Å². The van der Waals surface area contributed by atoms with Gasteiger partial charge in [0.05, 0.1) is 31.0 Å². The Morgan fingerprint density at radius 3 is 2.51 bits per heavy atom. The molecule has 0 radical (unpaired) electrons. The van der Waals surface area contributed by atoms with Gasteiger partial charge in [-0.1, -0.05) is 71.1 Å². The zero-order chi connectivity index (χ0) is 30.7. The predicted octanol–water partition coefficient (Wildman–Crippen LogP) is 6.52. The Labute approximate surface area is 261 Å². The van der Waals surface area contributed by atoms with Crippen molar-refractivity contribution in [2.45, 2.75) is 142 Å². The first-order chi connectivity index (χ1) is 20.2. The molecule has 0 aromatic carbocycles. The van der Waals surface area contributed by atoms with Crippen LogP contribution in [0, 0.1) is 57.7 Å². The first-order valence-corrected chi connectivity index (χ1v) is 18.1. The molecule has 12 unspecified atom stereocenters. The molecule has 1 heterocycles.